The van der Waals surface area contributed by atoms with Gasteiger partial charge in [0.15, 0.2) is 11.5 Å². The van der Waals surface area contributed by atoms with Crippen LogP contribution in [0.5, 0.6) is 23.0 Å². The zero-order valence-electron chi connectivity index (χ0n) is 16.1. The molecule has 0 bridgehead atoms. The van der Waals surface area contributed by atoms with Crippen LogP contribution < -0.4 is 18.9 Å². The highest BCUT2D eigenvalue weighted by molar-refractivity contribution is 5.78. The van der Waals surface area contributed by atoms with Crippen LogP contribution in [0.4, 0.5) is 0 Å². The van der Waals surface area contributed by atoms with E-state index in [1.165, 1.54) is 0 Å². The summed E-state index contributed by atoms with van der Waals surface area (Å²) in [5.41, 5.74) is 2.01. The molecule has 0 N–H and O–H groups in total. The number of benzene rings is 2. The van der Waals surface area contributed by atoms with Crippen LogP contribution in [-0.2, 0) is 0 Å². The van der Waals surface area contributed by atoms with Gasteiger partial charge in [0.1, 0.15) is 0 Å². The number of ether oxygens (including phenoxy) is 4. The van der Waals surface area contributed by atoms with Crippen LogP contribution in [0.25, 0.3) is 12.2 Å². The Labute approximate surface area is 156 Å². The lowest BCUT2D eigenvalue weighted by Crippen LogP contribution is -2.06. The third-order valence-corrected chi connectivity index (χ3v) is 3.61. The molecule has 0 unspecified atom stereocenters. The van der Waals surface area contributed by atoms with Crippen molar-refractivity contribution in [3.8, 4) is 23.0 Å². The second-order valence-corrected chi connectivity index (χ2v) is 5.43. The Kier molecular flexibility index (Phi) is 7.87. The third kappa shape index (κ3) is 4.94. The Morgan fingerprint density at radius 3 is 1.85 bits per heavy atom. The van der Waals surface area contributed by atoms with Crippen molar-refractivity contribution in [1.82, 2.24) is 0 Å². The summed E-state index contributed by atoms with van der Waals surface area (Å²) in [4.78, 5) is 0. The van der Waals surface area contributed by atoms with Gasteiger partial charge in [-0.2, -0.15) is 0 Å². The molecule has 2 rings (SSSR count). The van der Waals surface area contributed by atoms with E-state index in [-0.39, 0.29) is 0 Å². The van der Waals surface area contributed by atoms with Gasteiger partial charge in [0.05, 0.1) is 26.4 Å². The Morgan fingerprint density at radius 2 is 1.23 bits per heavy atom. The molecule has 0 fully saturated rings. The zero-order chi connectivity index (χ0) is 18.8. The molecule has 2 aromatic rings. The van der Waals surface area contributed by atoms with Crippen molar-refractivity contribution in [2.45, 2.75) is 27.7 Å². The van der Waals surface area contributed by atoms with Crippen molar-refractivity contribution >= 4 is 12.2 Å². The lowest BCUT2D eigenvalue weighted by Gasteiger charge is -2.20. The van der Waals surface area contributed by atoms with E-state index in [2.05, 4.69) is 12.1 Å². The SMILES string of the molecule is CCOc1cc(C=Cc2ccccc2)c(OCC)c(OCC)c1OCC. The average molecular weight is 356 g/mol. The predicted octanol–water partition coefficient (Wildman–Crippen LogP) is 5.45. The van der Waals surface area contributed by atoms with E-state index in [0.717, 1.165) is 11.1 Å². The van der Waals surface area contributed by atoms with Gasteiger partial charge in [-0.25, -0.2) is 0 Å². The third-order valence-electron chi connectivity index (χ3n) is 3.61. The Bertz CT molecular complexity index is 708. The maximum atomic E-state index is 5.92. The summed E-state index contributed by atoms with van der Waals surface area (Å²) in [5, 5.41) is 0. The van der Waals surface area contributed by atoms with Crippen molar-refractivity contribution in [3.05, 3.63) is 47.5 Å². The van der Waals surface area contributed by atoms with Gasteiger partial charge in [0, 0.05) is 5.56 Å². The van der Waals surface area contributed by atoms with Crippen molar-refractivity contribution in [3.63, 3.8) is 0 Å². The molecule has 140 valence electrons. The van der Waals surface area contributed by atoms with Crippen LogP contribution >= 0.6 is 0 Å². The van der Waals surface area contributed by atoms with E-state index in [1.54, 1.807) is 0 Å². The normalized spacial score (nSPS) is 10.8. The lowest BCUT2D eigenvalue weighted by atomic mass is 10.1. The first-order chi connectivity index (χ1) is 12.7. The van der Waals surface area contributed by atoms with Crippen molar-refractivity contribution in [1.29, 1.82) is 0 Å². The highest BCUT2D eigenvalue weighted by Crippen LogP contribution is 2.47. The van der Waals surface area contributed by atoms with E-state index < -0.39 is 0 Å². The fraction of sp³-hybridized carbons (Fsp3) is 0.364. The number of hydrogen-bond acceptors (Lipinski definition) is 4. The van der Waals surface area contributed by atoms with Gasteiger partial charge in [-0.15, -0.1) is 0 Å². The van der Waals surface area contributed by atoms with Crippen LogP contribution in [0, 0.1) is 0 Å². The Balaban J connectivity index is 2.58. The molecular formula is C22H28O4. The molecule has 2 aromatic carbocycles. The Morgan fingerprint density at radius 1 is 0.654 bits per heavy atom. The smallest absolute Gasteiger partial charge is 0.208 e. The molecule has 0 atom stereocenters. The van der Waals surface area contributed by atoms with Crippen LogP contribution in [0.15, 0.2) is 36.4 Å². The van der Waals surface area contributed by atoms with E-state index >= 15 is 0 Å². The number of rotatable bonds is 10. The van der Waals surface area contributed by atoms with Gasteiger partial charge >= 0.3 is 0 Å². The van der Waals surface area contributed by atoms with Gasteiger partial charge in [0.25, 0.3) is 0 Å². The second-order valence-electron chi connectivity index (χ2n) is 5.43. The summed E-state index contributed by atoms with van der Waals surface area (Å²) in [6.45, 7) is 9.90. The first-order valence-electron chi connectivity index (χ1n) is 9.20. The zero-order valence-corrected chi connectivity index (χ0v) is 16.1. The monoisotopic (exact) mass is 356 g/mol. The molecule has 0 aliphatic heterocycles. The van der Waals surface area contributed by atoms with Gasteiger partial charge in [-0.3, -0.25) is 0 Å². The van der Waals surface area contributed by atoms with E-state index in [1.807, 2.05) is 64.1 Å². The fourth-order valence-corrected chi connectivity index (χ4v) is 2.60. The minimum atomic E-state index is 0.511. The van der Waals surface area contributed by atoms with Crippen molar-refractivity contribution in [2.24, 2.45) is 0 Å². The van der Waals surface area contributed by atoms with Crippen LogP contribution in [0.2, 0.25) is 0 Å². The minimum Gasteiger partial charge on any atom is -0.490 e. The van der Waals surface area contributed by atoms with E-state index in [4.69, 9.17) is 18.9 Å². The molecule has 0 radical (unpaired) electrons. The standard InChI is InChI=1S/C22H28O4/c1-5-23-19-16-18(15-14-17-12-10-9-11-13-17)20(24-6-2)22(26-8-4)21(19)25-7-3/h9-16H,5-8H2,1-4H3. The second kappa shape index (κ2) is 10.4. The highest BCUT2D eigenvalue weighted by Gasteiger charge is 2.22. The maximum Gasteiger partial charge on any atom is 0.208 e. The van der Waals surface area contributed by atoms with Gasteiger partial charge < -0.3 is 18.9 Å². The summed E-state index contributed by atoms with van der Waals surface area (Å²) >= 11 is 0. The fourth-order valence-electron chi connectivity index (χ4n) is 2.60. The van der Waals surface area contributed by atoms with Gasteiger partial charge in [0.2, 0.25) is 11.5 Å². The largest absolute Gasteiger partial charge is 0.490 e. The molecule has 0 aromatic heterocycles. The minimum absolute atomic E-state index is 0.511. The molecule has 0 saturated heterocycles. The molecule has 0 heterocycles. The summed E-state index contributed by atoms with van der Waals surface area (Å²) in [5.74, 6) is 2.52. The molecule has 0 aliphatic carbocycles. The summed E-state index contributed by atoms with van der Waals surface area (Å²) in [7, 11) is 0. The predicted molar refractivity (Wildman–Crippen MR) is 106 cm³/mol. The quantitative estimate of drug-likeness (QED) is 0.530. The molecule has 26 heavy (non-hydrogen) atoms. The topological polar surface area (TPSA) is 36.9 Å². The molecule has 4 heteroatoms. The Hall–Kier alpha value is -2.62. The van der Waals surface area contributed by atoms with Gasteiger partial charge in [-0.1, -0.05) is 42.5 Å². The van der Waals surface area contributed by atoms with Crippen LogP contribution in [0.1, 0.15) is 38.8 Å². The first-order valence-corrected chi connectivity index (χ1v) is 9.20. The molecule has 4 nitrogen and oxygen atoms in total. The van der Waals surface area contributed by atoms with Crippen LogP contribution in [-0.4, -0.2) is 26.4 Å². The number of hydrogen-bond donors (Lipinski definition) is 0. The van der Waals surface area contributed by atoms with Gasteiger partial charge in [-0.05, 0) is 39.3 Å². The first kappa shape index (κ1) is 19.7. The highest BCUT2D eigenvalue weighted by atomic mass is 16.6. The molecule has 0 amide bonds. The maximum absolute atomic E-state index is 5.92. The molecular weight excluding hydrogens is 328 g/mol. The van der Waals surface area contributed by atoms with E-state index in [0.29, 0.717) is 49.4 Å². The van der Waals surface area contributed by atoms with Crippen molar-refractivity contribution in [2.75, 3.05) is 26.4 Å². The summed E-state index contributed by atoms with van der Waals surface area (Å²) < 4.78 is 23.4. The summed E-state index contributed by atoms with van der Waals surface area (Å²) in [6.07, 6.45) is 4.06. The molecule has 0 saturated carbocycles. The van der Waals surface area contributed by atoms with Crippen molar-refractivity contribution < 1.29 is 18.9 Å². The molecule has 0 aliphatic rings. The van der Waals surface area contributed by atoms with Crippen LogP contribution in [0.3, 0.4) is 0 Å². The lowest BCUT2D eigenvalue weighted by molar-refractivity contribution is 0.244. The molecule has 0 spiro atoms. The summed E-state index contributed by atoms with van der Waals surface area (Å²) in [6, 6.07) is 12.1. The average Bonchev–Trinajstić information content (AvgIpc) is 2.66. The van der Waals surface area contributed by atoms with E-state index in [9.17, 15) is 0 Å².